The standard InChI is InChI=1S/C17H17ClFN/c1-20-17(12-7-8-15(18)16(19)9-12)14-10-13(14)11-5-3-2-4-6-11/h2-9,13-14,17,20H,10H2,1H3. The monoisotopic (exact) mass is 289 g/mol. The Morgan fingerprint density at radius 1 is 1.20 bits per heavy atom. The first kappa shape index (κ1) is 13.6. The molecule has 0 spiro atoms. The van der Waals surface area contributed by atoms with E-state index in [-0.39, 0.29) is 16.9 Å². The molecule has 0 radical (unpaired) electrons. The van der Waals surface area contributed by atoms with E-state index in [2.05, 4.69) is 29.6 Å². The normalized spacial score (nSPS) is 22.6. The van der Waals surface area contributed by atoms with Crippen molar-refractivity contribution in [1.29, 1.82) is 0 Å². The van der Waals surface area contributed by atoms with E-state index >= 15 is 0 Å². The molecule has 0 aromatic heterocycles. The van der Waals surface area contributed by atoms with Gasteiger partial charge in [-0.15, -0.1) is 0 Å². The highest BCUT2D eigenvalue weighted by atomic mass is 35.5. The van der Waals surface area contributed by atoms with Crippen LogP contribution in [0.15, 0.2) is 48.5 Å². The lowest BCUT2D eigenvalue weighted by Crippen LogP contribution is -2.19. The van der Waals surface area contributed by atoms with E-state index in [9.17, 15) is 4.39 Å². The molecule has 2 aromatic rings. The van der Waals surface area contributed by atoms with Crippen LogP contribution in [-0.4, -0.2) is 7.05 Å². The Hall–Kier alpha value is -1.38. The lowest BCUT2D eigenvalue weighted by atomic mass is 9.99. The van der Waals surface area contributed by atoms with Gasteiger partial charge in [-0.3, -0.25) is 0 Å². The summed E-state index contributed by atoms with van der Waals surface area (Å²) in [7, 11) is 1.93. The quantitative estimate of drug-likeness (QED) is 0.871. The van der Waals surface area contributed by atoms with E-state index < -0.39 is 0 Å². The zero-order valence-corrected chi connectivity index (χ0v) is 12.1. The maximum Gasteiger partial charge on any atom is 0.142 e. The molecule has 0 bridgehead atoms. The fraction of sp³-hybridized carbons (Fsp3) is 0.294. The molecular formula is C17H17ClFN. The molecule has 1 fully saturated rings. The molecule has 20 heavy (non-hydrogen) atoms. The van der Waals surface area contributed by atoms with Gasteiger partial charge in [0.2, 0.25) is 0 Å². The van der Waals surface area contributed by atoms with Gasteiger partial charge in [0.1, 0.15) is 5.82 Å². The SMILES string of the molecule is CNC(c1ccc(Cl)c(F)c1)C1CC1c1ccccc1. The predicted molar refractivity (Wildman–Crippen MR) is 80.5 cm³/mol. The molecule has 104 valence electrons. The van der Waals surface area contributed by atoms with Crippen LogP contribution >= 0.6 is 11.6 Å². The molecule has 0 heterocycles. The molecule has 0 amide bonds. The average Bonchev–Trinajstić information content (AvgIpc) is 3.25. The Balaban J connectivity index is 1.80. The van der Waals surface area contributed by atoms with E-state index in [4.69, 9.17) is 11.6 Å². The molecule has 1 saturated carbocycles. The molecule has 0 aliphatic heterocycles. The van der Waals surface area contributed by atoms with Crippen LogP contribution in [0.4, 0.5) is 4.39 Å². The summed E-state index contributed by atoms with van der Waals surface area (Å²) in [6, 6.07) is 15.8. The molecule has 0 saturated heterocycles. The lowest BCUT2D eigenvalue weighted by molar-refractivity contribution is 0.513. The molecule has 3 atom stereocenters. The minimum absolute atomic E-state index is 0.173. The summed E-state index contributed by atoms with van der Waals surface area (Å²) in [6.45, 7) is 0. The first-order valence-electron chi connectivity index (χ1n) is 6.88. The fourth-order valence-corrected chi connectivity index (χ4v) is 3.12. The molecule has 1 nitrogen and oxygen atoms in total. The molecule has 1 N–H and O–H groups in total. The van der Waals surface area contributed by atoms with Gasteiger partial charge in [-0.05, 0) is 48.6 Å². The third kappa shape index (κ3) is 2.58. The smallest absolute Gasteiger partial charge is 0.142 e. The van der Waals surface area contributed by atoms with Crippen LogP contribution in [0.3, 0.4) is 0 Å². The van der Waals surface area contributed by atoms with Gasteiger partial charge in [0.25, 0.3) is 0 Å². The van der Waals surface area contributed by atoms with Gasteiger partial charge >= 0.3 is 0 Å². The van der Waals surface area contributed by atoms with Crippen LogP contribution in [-0.2, 0) is 0 Å². The lowest BCUT2D eigenvalue weighted by Gasteiger charge is -2.17. The van der Waals surface area contributed by atoms with Crippen molar-refractivity contribution in [2.45, 2.75) is 18.4 Å². The Morgan fingerprint density at radius 3 is 2.60 bits per heavy atom. The predicted octanol–water partition coefficient (Wildman–Crippen LogP) is 4.54. The van der Waals surface area contributed by atoms with Gasteiger partial charge < -0.3 is 5.32 Å². The van der Waals surface area contributed by atoms with Gasteiger partial charge in [0.15, 0.2) is 0 Å². The summed E-state index contributed by atoms with van der Waals surface area (Å²) in [4.78, 5) is 0. The van der Waals surface area contributed by atoms with Crippen LogP contribution in [0.5, 0.6) is 0 Å². The van der Waals surface area contributed by atoms with Crippen molar-refractivity contribution in [2.75, 3.05) is 7.05 Å². The van der Waals surface area contributed by atoms with E-state index in [0.717, 1.165) is 12.0 Å². The largest absolute Gasteiger partial charge is 0.313 e. The van der Waals surface area contributed by atoms with Gasteiger partial charge in [-0.1, -0.05) is 48.0 Å². The fourth-order valence-electron chi connectivity index (χ4n) is 3.00. The van der Waals surface area contributed by atoms with Crippen molar-refractivity contribution >= 4 is 11.6 Å². The van der Waals surface area contributed by atoms with Crippen LogP contribution in [0, 0.1) is 11.7 Å². The maximum absolute atomic E-state index is 13.6. The van der Waals surface area contributed by atoms with Crippen molar-refractivity contribution in [2.24, 2.45) is 5.92 Å². The summed E-state index contributed by atoms with van der Waals surface area (Å²) >= 11 is 5.75. The summed E-state index contributed by atoms with van der Waals surface area (Å²) in [5, 5.41) is 3.50. The third-order valence-electron chi connectivity index (χ3n) is 4.11. The van der Waals surface area contributed by atoms with E-state index in [0.29, 0.717) is 11.8 Å². The highest BCUT2D eigenvalue weighted by Crippen LogP contribution is 2.54. The molecule has 2 aromatic carbocycles. The van der Waals surface area contributed by atoms with Crippen LogP contribution < -0.4 is 5.32 Å². The van der Waals surface area contributed by atoms with E-state index in [1.165, 1.54) is 5.56 Å². The van der Waals surface area contributed by atoms with Crippen molar-refractivity contribution in [3.63, 3.8) is 0 Å². The topological polar surface area (TPSA) is 12.0 Å². The van der Waals surface area contributed by atoms with Crippen molar-refractivity contribution in [1.82, 2.24) is 5.32 Å². The second-order valence-electron chi connectivity index (χ2n) is 5.36. The van der Waals surface area contributed by atoms with Crippen molar-refractivity contribution in [3.05, 3.63) is 70.5 Å². The van der Waals surface area contributed by atoms with Gasteiger partial charge in [-0.2, -0.15) is 0 Å². The van der Waals surface area contributed by atoms with Crippen LogP contribution in [0.2, 0.25) is 5.02 Å². The minimum Gasteiger partial charge on any atom is -0.313 e. The molecule has 1 aliphatic rings. The van der Waals surface area contributed by atoms with E-state index in [1.807, 2.05) is 19.2 Å². The number of halogens is 2. The van der Waals surface area contributed by atoms with Gasteiger partial charge in [0.05, 0.1) is 5.02 Å². The number of hydrogen-bond acceptors (Lipinski definition) is 1. The molecule has 1 aliphatic carbocycles. The van der Waals surface area contributed by atoms with Crippen molar-refractivity contribution < 1.29 is 4.39 Å². The number of rotatable bonds is 4. The third-order valence-corrected chi connectivity index (χ3v) is 4.42. The van der Waals surface area contributed by atoms with Gasteiger partial charge in [-0.25, -0.2) is 4.39 Å². The van der Waals surface area contributed by atoms with Crippen LogP contribution in [0.25, 0.3) is 0 Å². The second-order valence-corrected chi connectivity index (χ2v) is 5.76. The zero-order valence-electron chi connectivity index (χ0n) is 11.3. The number of benzene rings is 2. The van der Waals surface area contributed by atoms with Crippen molar-refractivity contribution in [3.8, 4) is 0 Å². The average molecular weight is 290 g/mol. The summed E-state index contributed by atoms with van der Waals surface area (Å²) in [6.07, 6.45) is 1.14. The number of hydrogen-bond donors (Lipinski definition) is 1. The molecule has 3 heteroatoms. The first-order valence-corrected chi connectivity index (χ1v) is 7.25. The summed E-state index contributed by atoms with van der Waals surface area (Å²) in [5.74, 6) is 0.733. The summed E-state index contributed by atoms with van der Waals surface area (Å²) in [5.41, 5.74) is 2.34. The van der Waals surface area contributed by atoms with Crippen LogP contribution in [0.1, 0.15) is 29.5 Å². The second kappa shape index (κ2) is 5.55. The Labute approximate surface area is 123 Å². The number of nitrogens with one attached hydrogen (secondary N) is 1. The van der Waals surface area contributed by atoms with E-state index in [1.54, 1.807) is 12.1 Å². The molecule has 3 rings (SSSR count). The molecular weight excluding hydrogens is 273 g/mol. The maximum atomic E-state index is 13.6. The zero-order chi connectivity index (χ0) is 14.1. The molecule has 3 unspecified atom stereocenters. The minimum atomic E-state index is -0.346. The highest BCUT2D eigenvalue weighted by molar-refractivity contribution is 6.30. The highest BCUT2D eigenvalue weighted by Gasteiger charge is 2.43. The Kier molecular flexibility index (Phi) is 3.77. The summed E-state index contributed by atoms with van der Waals surface area (Å²) < 4.78 is 13.6. The Bertz CT molecular complexity index is 599. The Morgan fingerprint density at radius 2 is 1.95 bits per heavy atom. The first-order chi connectivity index (χ1) is 9.70. The van der Waals surface area contributed by atoms with Gasteiger partial charge in [0, 0.05) is 6.04 Å².